The van der Waals surface area contributed by atoms with Gasteiger partial charge in [0.05, 0.1) is 0 Å². The summed E-state index contributed by atoms with van der Waals surface area (Å²) in [6, 6.07) is 1.45. The van der Waals surface area contributed by atoms with Gasteiger partial charge in [0.1, 0.15) is 0 Å². The molecule has 3 saturated heterocycles. The molecule has 152 valence electrons. The van der Waals surface area contributed by atoms with Crippen LogP contribution in [-0.2, 0) is 0 Å². The Labute approximate surface area is 162 Å². The van der Waals surface area contributed by atoms with Gasteiger partial charge >= 0.3 is 0 Å². The van der Waals surface area contributed by atoms with Crippen molar-refractivity contribution in [2.45, 2.75) is 115 Å². The van der Waals surface area contributed by atoms with Crippen LogP contribution in [-0.4, -0.2) is 70.2 Å². The van der Waals surface area contributed by atoms with Gasteiger partial charge in [-0.25, -0.2) is 0 Å². The summed E-state index contributed by atoms with van der Waals surface area (Å²) in [6.45, 7) is 23.9. The van der Waals surface area contributed by atoms with Gasteiger partial charge in [-0.1, -0.05) is 0 Å². The molecule has 0 aromatic carbocycles. The van der Waals surface area contributed by atoms with Crippen LogP contribution in [0.25, 0.3) is 0 Å². The monoisotopic (exact) mass is 364 g/mol. The number of hydrogen-bond donors (Lipinski definition) is 2. The molecule has 0 radical (unpaired) electrons. The maximum atomic E-state index is 3.84. The van der Waals surface area contributed by atoms with Crippen LogP contribution < -0.4 is 10.6 Å². The van der Waals surface area contributed by atoms with Crippen LogP contribution in [0.5, 0.6) is 0 Å². The van der Waals surface area contributed by atoms with E-state index >= 15 is 0 Å². The lowest BCUT2D eigenvalue weighted by Crippen LogP contribution is -2.66. The van der Waals surface area contributed by atoms with Gasteiger partial charge in [0.15, 0.2) is 0 Å². The van der Waals surface area contributed by atoms with Gasteiger partial charge in [-0.05, 0) is 81.1 Å². The van der Waals surface area contributed by atoms with Crippen LogP contribution >= 0.6 is 0 Å². The summed E-state index contributed by atoms with van der Waals surface area (Å²) in [5, 5.41) is 7.67. The third-order valence-electron chi connectivity index (χ3n) is 6.72. The molecule has 0 aromatic heterocycles. The zero-order valence-electron chi connectivity index (χ0n) is 18.7. The van der Waals surface area contributed by atoms with Gasteiger partial charge in [0, 0.05) is 60.4 Å². The topological polar surface area (TPSA) is 30.5 Å². The molecule has 0 aromatic rings. The third-order valence-corrected chi connectivity index (χ3v) is 6.72. The van der Waals surface area contributed by atoms with E-state index in [4.69, 9.17) is 0 Å². The third kappa shape index (κ3) is 5.01. The highest BCUT2D eigenvalue weighted by Gasteiger charge is 2.43. The number of rotatable bonds is 2. The molecule has 3 fully saturated rings. The molecule has 0 saturated carbocycles. The second kappa shape index (κ2) is 6.72. The molecule has 3 aliphatic rings. The van der Waals surface area contributed by atoms with Crippen molar-refractivity contribution in [1.29, 1.82) is 0 Å². The van der Waals surface area contributed by atoms with Crippen molar-refractivity contribution in [2.75, 3.05) is 26.2 Å². The molecule has 2 N–H and O–H groups in total. The lowest BCUT2D eigenvalue weighted by molar-refractivity contribution is -0.00190. The Morgan fingerprint density at radius 3 is 0.962 bits per heavy atom. The maximum absolute atomic E-state index is 3.84. The Bertz CT molecular complexity index is 422. The Morgan fingerprint density at radius 1 is 0.500 bits per heavy atom. The first kappa shape index (κ1) is 20.6. The molecule has 3 heterocycles. The average molecular weight is 365 g/mol. The Hall–Kier alpha value is -0.160. The van der Waals surface area contributed by atoms with Gasteiger partial charge in [0.25, 0.3) is 0 Å². The lowest BCUT2D eigenvalue weighted by atomic mass is 9.78. The van der Waals surface area contributed by atoms with Crippen LogP contribution in [0.3, 0.4) is 0 Å². The summed E-state index contributed by atoms with van der Waals surface area (Å²) in [5.41, 5.74) is 0.971. The second-order valence-electron chi connectivity index (χ2n) is 12.0. The van der Waals surface area contributed by atoms with Crippen molar-refractivity contribution in [1.82, 2.24) is 20.4 Å². The number of nitrogens with one attached hydrogen (secondary N) is 2. The number of hydrogen-bond acceptors (Lipinski definition) is 4. The van der Waals surface area contributed by atoms with Gasteiger partial charge in [-0.2, -0.15) is 0 Å². The zero-order valence-corrected chi connectivity index (χ0v) is 18.7. The van der Waals surface area contributed by atoms with E-state index in [0.29, 0.717) is 0 Å². The number of nitrogens with zero attached hydrogens (tertiary/aromatic N) is 2. The normalized spacial score (nSPS) is 33.2. The molecule has 0 bridgehead atoms. The summed E-state index contributed by atoms with van der Waals surface area (Å²) in [6.07, 6.45) is 5.07. The van der Waals surface area contributed by atoms with Crippen LogP contribution in [0.2, 0.25) is 0 Å². The van der Waals surface area contributed by atoms with Crippen molar-refractivity contribution < 1.29 is 0 Å². The van der Waals surface area contributed by atoms with Crippen molar-refractivity contribution in [3.8, 4) is 0 Å². The van der Waals surface area contributed by atoms with Crippen molar-refractivity contribution in [2.24, 2.45) is 0 Å². The fourth-order valence-electron chi connectivity index (χ4n) is 6.52. The minimum absolute atomic E-state index is 0.243. The second-order valence-corrected chi connectivity index (χ2v) is 12.0. The SMILES string of the molecule is CC1(C)CC(N2CCN(C3CC(C)(C)NC(C)(C)C3)CC2)CC(C)(C)N1. The average Bonchev–Trinajstić information content (AvgIpc) is 2.41. The molecule has 0 aliphatic carbocycles. The van der Waals surface area contributed by atoms with Gasteiger partial charge < -0.3 is 10.6 Å². The molecule has 0 amide bonds. The van der Waals surface area contributed by atoms with E-state index in [9.17, 15) is 0 Å². The quantitative estimate of drug-likeness (QED) is 0.788. The first-order chi connectivity index (χ1) is 11.8. The molecule has 0 atom stereocenters. The molecule has 4 heteroatoms. The van der Waals surface area contributed by atoms with Gasteiger partial charge in [0.2, 0.25) is 0 Å². The van der Waals surface area contributed by atoms with E-state index in [0.717, 1.165) is 12.1 Å². The van der Waals surface area contributed by atoms with Crippen molar-refractivity contribution in [3.63, 3.8) is 0 Å². The van der Waals surface area contributed by atoms with E-state index in [2.05, 4.69) is 75.8 Å². The van der Waals surface area contributed by atoms with E-state index in [1.807, 2.05) is 0 Å². The predicted molar refractivity (Wildman–Crippen MR) is 112 cm³/mol. The highest BCUT2D eigenvalue weighted by atomic mass is 15.3. The minimum atomic E-state index is 0.243. The first-order valence-electron chi connectivity index (χ1n) is 10.8. The summed E-state index contributed by atoms with van der Waals surface area (Å²) >= 11 is 0. The summed E-state index contributed by atoms with van der Waals surface area (Å²) in [4.78, 5) is 5.58. The molecular formula is C22H44N4. The predicted octanol–water partition coefficient (Wildman–Crippen LogP) is 3.22. The summed E-state index contributed by atoms with van der Waals surface area (Å²) < 4.78 is 0. The summed E-state index contributed by atoms with van der Waals surface area (Å²) in [7, 11) is 0. The minimum Gasteiger partial charge on any atom is -0.307 e. The van der Waals surface area contributed by atoms with Crippen LogP contribution in [0.1, 0.15) is 81.1 Å². The smallest absolute Gasteiger partial charge is 0.0145 e. The largest absolute Gasteiger partial charge is 0.307 e. The van der Waals surface area contributed by atoms with Gasteiger partial charge in [-0.15, -0.1) is 0 Å². The van der Waals surface area contributed by atoms with Crippen LogP contribution in [0.15, 0.2) is 0 Å². The highest BCUT2D eigenvalue weighted by molar-refractivity contribution is 5.03. The fourth-order valence-corrected chi connectivity index (χ4v) is 6.52. The van der Waals surface area contributed by atoms with E-state index in [1.165, 1.54) is 51.9 Å². The molecule has 0 spiro atoms. The standard InChI is InChI=1S/C22H44N4/c1-19(2)13-17(14-20(3,4)23-19)25-9-11-26(12-10-25)18-15-21(5,6)24-22(7,8)16-18/h17-18,23-24H,9-16H2,1-8H3. The lowest BCUT2D eigenvalue weighted by Gasteiger charge is -2.53. The van der Waals surface area contributed by atoms with E-state index in [-0.39, 0.29) is 22.2 Å². The Balaban J connectivity index is 1.59. The molecule has 26 heavy (non-hydrogen) atoms. The molecule has 3 aliphatic heterocycles. The van der Waals surface area contributed by atoms with Crippen molar-refractivity contribution in [3.05, 3.63) is 0 Å². The maximum Gasteiger partial charge on any atom is 0.0145 e. The molecule has 3 rings (SSSR count). The van der Waals surface area contributed by atoms with Gasteiger partial charge in [-0.3, -0.25) is 9.80 Å². The number of piperazine rings is 1. The van der Waals surface area contributed by atoms with Crippen LogP contribution in [0, 0.1) is 0 Å². The molecule has 4 nitrogen and oxygen atoms in total. The van der Waals surface area contributed by atoms with E-state index < -0.39 is 0 Å². The number of piperidine rings is 2. The van der Waals surface area contributed by atoms with E-state index in [1.54, 1.807) is 0 Å². The Kier molecular flexibility index (Phi) is 5.32. The highest BCUT2D eigenvalue weighted by Crippen LogP contribution is 2.34. The molecular weight excluding hydrogens is 320 g/mol. The molecule has 0 unspecified atom stereocenters. The Morgan fingerprint density at radius 2 is 0.731 bits per heavy atom. The first-order valence-corrected chi connectivity index (χ1v) is 10.8. The zero-order chi connectivity index (χ0) is 19.4. The van der Waals surface area contributed by atoms with Crippen LogP contribution in [0.4, 0.5) is 0 Å². The summed E-state index contributed by atoms with van der Waals surface area (Å²) in [5.74, 6) is 0. The fraction of sp³-hybridized carbons (Fsp3) is 1.00. The van der Waals surface area contributed by atoms with Crippen molar-refractivity contribution >= 4 is 0 Å².